The molecule has 2 aromatic rings. The van der Waals surface area contributed by atoms with E-state index < -0.39 is 10.7 Å². The molecule has 8 heteroatoms. The Morgan fingerprint density at radius 3 is 2.86 bits per heavy atom. The van der Waals surface area contributed by atoms with Gasteiger partial charge in [0.15, 0.2) is 0 Å². The maximum atomic E-state index is 14.7. The predicted octanol–water partition coefficient (Wildman–Crippen LogP) is 4.60. The van der Waals surface area contributed by atoms with Crippen molar-refractivity contribution in [3.05, 3.63) is 63.6 Å². The lowest BCUT2D eigenvalue weighted by atomic mass is 9.88. The molecule has 28 heavy (non-hydrogen) atoms. The molecule has 146 valence electrons. The molecule has 1 N–H and O–H groups in total. The van der Waals surface area contributed by atoms with Crippen LogP contribution in [-0.2, 0) is 0 Å². The van der Waals surface area contributed by atoms with Crippen LogP contribution in [0.15, 0.2) is 41.6 Å². The van der Waals surface area contributed by atoms with Crippen LogP contribution >= 0.6 is 0 Å². The van der Waals surface area contributed by atoms with Gasteiger partial charge in [-0.3, -0.25) is 15.5 Å². The topological polar surface area (TPSA) is 83.7 Å². The first-order valence-electron chi connectivity index (χ1n) is 8.94. The number of likely N-dealkylation sites (N-methyl/N-ethyl adjacent to an activating group) is 1. The summed E-state index contributed by atoms with van der Waals surface area (Å²) in [6.45, 7) is 8.99. The lowest BCUT2D eigenvalue weighted by molar-refractivity contribution is -0.384. The third kappa shape index (κ3) is 3.58. The Balaban J connectivity index is 1.92. The van der Waals surface area contributed by atoms with E-state index in [1.165, 1.54) is 30.6 Å². The Hall–Kier alpha value is -3.29. The minimum absolute atomic E-state index is 0.00268. The van der Waals surface area contributed by atoms with Gasteiger partial charge in [0, 0.05) is 35.6 Å². The molecule has 0 atom stereocenters. The van der Waals surface area contributed by atoms with E-state index in [4.69, 9.17) is 0 Å². The SMILES string of the molecule is CCN1c2cc(F)c(/C=N\Nc3ncccc3[N+](=O)[O-])cc2C(C)=CC1(C)C. The van der Waals surface area contributed by atoms with Gasteiger partial charge in [-0.25, -0.2) is 9.37 Å². The van der Waals surface area contributed by atoms with Gasteiger partial charge in [0.25, 0.3) is 0 Å². The van der Waals surface area contributed by atoms with Crippen LogP contribution in [0.25, 0.3) is 5.57 Å². The number of hydrogen-bond acceptors (Lipinski definition) is 6. The summed E-state index contributed by atoms with van der Waals surface area (Å²) in [6, 6.07) is 6.04. The first-order chi connectivity index (χ1) is 13.2. The maximum Gasteiger partial charge on any atom is 0.313 e. The molecule has 0 bridgehead atoms. The monoisotopic (exact) mass is 383 g/mol. The zero-order valence-corrected chi connectivity index (χ0v) is 16.2. The minimum Gasteiger partial charge on any atom is -0.363 e. The largest absolute Gasteiger partial charge is 0.363 e. The number of fused-ring (bicyclic) bond motifs is 1. The Labute approximate surface area is 162 Å². The fourth-order valence-electron chi connectivity index (χ4n) is 3.58. The third-order valence-corrected chi connectivity index (χ3v) is 4.77. The molecule has 7 nitrogen and oxygen atoms in total. The molecule has 0 saturated heterocycles. The molecule has 0 aliphatic carbocycles. The van der Waals surface area contributed by atoms with Crippen LogP contribution in [0, 0.1) is 15.9 Å². The fraction of sp³-hybridized carbons (Fsp3) is 0.300. The highest BCUT2D eigenvalue weighted by Gasteiger charge is 2.30. The van der Waals surface area contributed by atoms with Gasteiger partial charge in [0.1, 0.15) is 5.82 Å². The fourth-order valence-corrected chi connectivity index (χ4v) is 3.58. The molecule has 3 rings (SSSR count). The highest BCUT2D eigenvalue weighted by Crippen LogP contribution is 2.39. The third-order valence-electron chi connectivity index (χ3n) is 4.77. The smallest absolute Gasteiger partial charge is 0.313 e. The van der Waals surface area contributed by atoms with E-state index in [0.717, 1.165) is 23.4 Å². The molecule has 1 aliphatic rings. The van der Waals surface area contributed by atoms with Crippen LogP contribution in [0.3, 0.4) is 0 Å². The van der Waals surface area contributed by atoms with Crippen molar-refractivity contribution in [2.24, 2.45) is 5.10 Å². The van der Waals surface area contributed by atoms with Gasteiger partial charge in [-0.2, -0.15) is 5.10 Å². The van der Waals surface area contributed by atoms with Gasteiger partial charge >= 0.3 is 5.69 Å². The predicted molar refractivity (Wildman–Crippen MR) is 109 cm³/mol. The van der Waals surface area contributed by atoms with Crippen molar-refractivity contribution in [2.75, 3.05) is 16.9 Å². The van der Waals surface area contributed by atoms with Crippen molar-refractivity contribution >= 4 is 29.0 Å². The molecular weight excluding hydrogens is 361 g/mol. The Morgan fingerprint density at radius 1 is 1.43 bits per heavy atom. The van der Waals surface area contributed by atoms with Crippen molar-refractivity contribution in [3.8, 4) is 0 Å². The standard InChI is InChI=1S/C20H22FN5O2/c1-5-25-18-10-16(21)14(9-15(18)13(2)11-20(25,3)4)12-23-24-19-17(26(27)28)7-6-8-22-19/h6-12H,5H2,1-4H3,(H,22,24)/b23-12-. The van der Waals surface area contributed by atoms with E-state index in [-0.39, 0.29) is 22.6 Å². The average molecular weight is 383 g/mol. The van der Waals surface area contributed by atoms with Crippen molar-refractivity contribution in [1.82, 2.24) is 4.98 Å². The molecule has 0 saturated carbocycles. The van der Waals surface area contributed by atoms with Crippen molar-refractivity contribution in [2.45, 2.75) is 33.2 Å². The second-order valence-electron chi connectivity index (χ2n) is 7.11. The first kappa shape index (κ1) is 19.5. The molecule has 0 fully saturated rings. The number of rotatable bonds is 5. The van der Waals surface area contributed by atoms with Crippen molar-refractivity contribution in [1.29, 1.82) is 0 Å². The minimum atomic E-state index is -0.556. The van der Waals surface area contributed by atoms with Crippen LogP contribution in [0.5, 0.6) is 0 Å². The second-order valence-corrected chi connectivity index (χ2v) is 7.11. The van der Waals surface area contributed by atoms with Gasteiger partial charge < -0.3 is 4.90 Å². The van der Waals surface area contributed by atoms with Gasteiger partial charge in [0.2, 0.25) is 5.82 Å². The highest BCUT2D eigenvalue weighted by molar-refractivity contribution is 5.88. The van der Waals surface area contributed by atoms with Crippen LogP contribution in [0.2, 0.25) is 0 Å². The number of benzene rings is 1. The summed E-state index contributed by atoms with van der Waals surface area (Å²) in [4.78, 5) is 16.5. The van der Waals surface area contributed by atoms with Gasteiger partial charge in [-0.15, -0.1) is 0 Å². The summed E-state index contributed by atoms with van der Waals surface area (Å²) in [5, 5.41) is 15.0. The summed E-state index contributed by atoms with van der Waals surface area (Å²) < 4.78 is 14.7. The second kappa shape index (κ2) is 7.38. The lowest BCUT2D eigenvalue weighted by Crippen LogP contribution is -2.45. The van der Waals surface area contributed by atoms with Gasteiger partial charge in [0.05, 0.1) is 16.7 Å². The quantitative estimate of drug-likeness (QED) is 0.464. The molecule has 1 aromatic carbocycles. The van der Waals surface area contributed by atoms with Crippen molar-refractivity contribution < 1.29 is 9.31 Å². The van der Waals surface area contributed by atoms with E-state index in [0.29, 0.717) is 0 Å². The first-order valence-corrected chi connectivity index (χ1v) is 8.94. The molecule has 1 aromatic heterocycles. The molecule has 1 aliphatic heterocycles. The van der Waals surface area contributed by atoms with E-state index >= 15 is 0 Å². The van der Waals surface area contributed by atoms with E-state index in [1.54, 1.807) is 6.07 Å². The van der Waals surface area contributed by atoms with E-state index in [9.17, 15) is 14.5 Å². The number of aromatic nitrogens is 1. The summed E-state index contributed by atoms with van der Waals surface area (Å²) in [6.07, 6.45) is 4.88. The molecule has 0 unspecified atom stereocenters. The van der Waals surface area contributed by atoms with Crippen LogP contribution < -0.4 is 10.3 Å². The summed E-state index contributed by atoms with van der Waals surface area (Å²) in [7, 11) is 0. The van der Waals surface area contributed by atoms with Gasteiger partial charge in [-0.1, -0.05) is 6.08 Å². The molecule has 0 radical (unpaired) electrons. The van der Waals surface area contributed by atoms with Crippen molar-refractivity contribution in [3.63, 3.8) is 0 Å². The van der Waals surface area contributed by atoms with Crippen LogP contribution in [0.4, 0.5) is 21.6 Å². The Bertz CT molecular complexity index is 985. The van der Waals surface area contributed by atoms with Gasteiger partial charge in [-0.05, 0) is 51.5 Å². The normalized spacial score (nSPS) is 15.3. The number of anilines is 2. The Morgan fingerprint density at radius 2 is 2.18 bits per heavy atom. The van der Waals surface area contributed by atoms with Crippen LogP contribution in [0.1, 0.15) is 38.8 Å². The number of hydrogen-bond donors (Lipinski definition) is 1. The molecule has 2 heterocycles. The van der Waals surface area contributed by atoms with E-state index in [2.05, 4.69) is 40.3 Å². The number of nitro groups is 1. The van der Waals surface area contributed by atoms with E-state index in [1.807, 2.05) is 13.8 Å². The number of nitrogens with zero attached hydrogens (tertiary/aromatic N) is 4. The zero-order valence-electron chi connectivity index (χ0n) is 16.2. The highest BCUT2D eigenvalue weighted by atomic mass is 19.1. The summed E-state index contributed by atoms with van der Waals surface area (Å²) in [5.41, 5.74) is 5.24. The summed E-state index contributed by atoms with van der Waals surface area (Å²) >= 11 is 0. The molecule has 0 spiro atoms. The van der Waals surface area contributed by atoms with Crippen LogP contribution in [-0.4, -0.2) is 28.2 Å². The summed E-state index contributed by atoms with van der Waals surface area (Å²) in [5.74, 6) is -0.416. The average Bonchev–Trinajstić information content (AvgIpc) is 2.62. The molecule has 0 amide bonds. The molecular formula is C20H22FN5O2. The zero-order chi connectivity index (χ0) is 20.5. The maximum absolute atomic E-state index is 14.7. The number of halogens is 1. The number of nitrogens with one attached hydrogen (secondary N) is 1. The Kier molecular flexibility index (Phi) is 5.13. The number of allylic oxidation sites excluding steroid dienone is 1. The lowest BCUT2D eigenvalue weighted by Gasteiger charge is -2.42. The number of hydrazone groups is 1. The number of pyridine rings is 1.